The summed E-state index contributed by atoms with van der Waals surface area (Å²) in [5, 5.41) is 0. The van der Waals surface area contributed by atoms with Gasteiger partial charge in [0.05, 0.1) is 6.61 Å². The first-order valence-electron chi connectivity index (χ1n) is 13.5. The van der Waals surface area contributed by atoms with Crippen LogP contribution in [0.25, 0.3) is 0 Å². The van der Waals surface area contributed by atoms with Crippen molar-refractivity contribution < 1.29 is 19.1 Å². The lowest BCUT2D eigenvalue weighted by atomic mass is 10.0. The summed E-state index contributed by atoms with van der Waals surface area (Å²) >= 11 is 0. The van der Waals surface area contributed by atoms with Crippen LogP contribution in [0.2, 0.25) is 0 Å². The summed E-state index contributed by atoms with van der Waals surface area (Å²) in [6, 6.07) is 0. The van der Waals surface area contributed by atoms with E-state index in [4.69, 9.17) is 9.47 Å². The zero-order valence-electron chi connectivity index (χ0n) is 21.1. The molecule has 0 aromatic rings. The van der Waals surface area contributed by atoms with Gasteiger partial charge < -0.3 is 9.47 Å². The van der Waals surface area contributed by atoms with E-state index < -0.39 is 0 Å². The number of hydrogen-bond donors (Lipinski definition) is 0. The number of rotatable bonds is 23. The molecule has 0 aliphatic carbocycles. The molecule has 31 heavy (non-hydrogen) atoms. The highest BCUT2D eigenvalue weighted by Crippen LogP contribution is 2.18. The number of carbonyl (C=O) groups is 2. The van der Waals surface area contributed by atoms with E-state index in [-0.39, 0.29) is 18.0 Å². The van der Waals surface area contributed by atoms with Crippen LogP contribution >= 0.6 is 0 Å². The molecule has 0 aliphatic rings. The molecule has 0 unspecified atom stereocenters. The molecule has 4 heteroatoms. The number of esters is 2. The van der Waals surface area contributed by atoms with Crippen molar-refractivity contribution in [1.29, 1.82) is 0 Å². The molecule has 0 spiro atoms. The van der Waals surface area contributed by atoms with Gasteiger partial charge in [0.2, 0.25) is 0 Å². The summed E-state index contributed by atoms with van der Waals surface area (Å²) < 4.78 is 10.8. The summed E-state index contributed by atoms with van der Waals surface area (Å²) in [4.78, 5) is 23.7. The van der Waals surface area contributed by atoms with Crippen molar-refractivity contribution in [3.8, 4) is 0 Å². The Morgan fingerprint density at radius 2 is 0.968 bits per heavy atom. The normalized spacial score (nSPS) is 11.1. The summed E-state index contributed by atoms with van der Waals surface area (Å²) in [5.41, 5.74) is 0. The van der Waals surface area contributed by atoms with Gasteiger partial charge in [0.15, 0.2) is 0 Å². The first-order valence-corrected chi connectivity index (χ1v) is 13.5. The van der Waals surface area contributed by atoms with Gasteiger partial charge in [0.1, 0.15) is 6.10 Å². The van der Waals surface area contributed by atoms with Crippen molar-refractivity contribution in [2.75, 3.05) is 6.61 Å². The summed E-state index contributed by atoms with van der Waals surface area (Å²) in [6.07, 6.45) is 22.1. The third-order valence-electron chi connectivity index (χ3n) is 5.87. The molecule has 0 aromatic carbocycles. The molecular weight excluding hydrogens is 388 g/mol. The van der Waals surface area contributed by atoms with Gasteiger partial charge in [0.25, 0.3) is 0 Å². The molecule has 0 aromatic heterocycles. The number of hydrogen-bond acceptors (Lipinski definition) is 4. The lowest BCUT2D eigenvalue weighted by molar-refractivity contribution is -0.150. The molecule has 0 aliphatic heterocycles. The van der Waals surface area contributed by atoms with Crippen molar-refractivity contribution in [3.05, 3.63) is 0 Å². The molecule has 0 fully saturated rings. The van der Waals surface area contributed by atoms with Crippen LogP contribution in [-0.4, -0.2) is 24.6 Å². The largest absolute Gasteiger partial charge is 0.466 e. The van der Waals surface area contributed by atoms with Crippen molar-refractivity contribution in [2.45, 2.75) is 155 Å². The molecule has 0 atom stereocenters. The zero-order valence-corrected chi connectivity index (χ0v) is 21.1. The molecule has 0 saturated heterocycles. The van der Waals surface area contributed by atoms with Gasteiger partial charge in [-0.25, -0.2) is 0 Å². The van der Waals surface area contributed by atoms with Crippen molar-refractivity contribution in [3.63, 3.8) is 0 Å². The Morgan fingerprint density at radius 1 is 0.548 bits per heavy atom. The van der Waals surface area contributed by atoms with E-state index in [1.165, 1.54) is 77.0 Å². The van der Waals surface area contributed by atoms with Gasteiger partial charge in [-0.05, 0) is 45.4 Å². The zero-order chi connectivity index (χ0) is 23.0. The minimum absolute atomic E-state index is 0.0349. The number of ether oxygens (including phenoxy) is 2. The van der Waals surface area contributed by atoms with E-state index in [0.717, 1.165) is 38.5 Å². The maximum Gasteiger partial charge on any atom is 0.306 e. The lowest BCUT2D eigenvalue weighted by Gasteiger charge is -2.18. The Hall–Kier alpha value is -1.06. The fraction of sp³-hybridized carbons (Fsp3) is 0.926. The molecule has 0 bridgehead atoms. The van der Waals surface area contributed by atoms with Crippen molar-refractivity contribution >= 4 is 11.9 Å². The van der Waals surface area contributed by atoms with E-state index >= 15 is 0 Å². The lowest BCUT2D eigenvalue weighted by Crippen LogP contribution is -2.18. The highest BCUT2D eigenvalue weighted by molar-refractivity contribution is 5.69. The van der Waals surface area contributed by atoms with Crippen molar-refractivity contribution in [2.24, 2.45) is 0 Å². The molecule has 0 saturated carbocycles. The maximum atomic E-state index is 12.3. The highest BCUT2D eigenvalue weighted by Gasteiger charge is 2.14. The Labute approximate surface area is 193 Å². The predicted molar refractivity (Wildman–Crippen MR) is 130 cm³/mol. The number of unbranched alkanes of at least 4 members (excludes halogenated alkanes) is 13. The second-order valence-electron chi connectivity index (χ2n) is 8.94. The van der Waals surface area contributed by atoms with E-state index in [0.29, 0.717) is 19.4 Å². The smallest absolute Gasteiger partial charge is 0.306 e. The van der Waals surface area contributed by atoms with Gasteiger partial charge in [-0.1, -0.05) is 90.9 Å². The first kappa shape index (κ1) is 29.9. The van der Waals surface area contributed by atoms with Crippen LogP contribution in [0.1, 0.15) is 149 Å². The number of carbonyl (C=O) groups excluding carboxylic acids is 2. The first-order chi connectivity index (χ1) is 15.1. The third kappa shape index (κ3) is 21.9. The van der Waals surface area contributed by atoms with E-state index in [1.54, 1.807) is 0 Å². The molecule has 0 radical (unpaired) electrons. The van der Waals surface area contributed by atoms with Gasteiger partial charge in [-0.3, -0.25) is 9.59 Å². The maximum absolute atomic E-state index is 12.3. The topological polar surface area (TPSA) is 52.6 Å². The Balaban J connectivity index is 4.02. The van der Waals surface area contributed by atoms with Gasteiger partial charge in [-0.2, -0.15) is 0 Å². The standard InChI is InChI=1S/C27H52O4/c1-4-7-9-11-13-17-21-25(22-18-14-12-10-8-5-2)31-27(29)24-20-16-15-19-23-26(28)30-6-3/h25H,4-24H2,1-3H3. The summed E-state index contributed by atoms with van der Waals surface area (Å²) in [5.74, 6) is -0.151. The summed E-state index contributed by atoms with van der Waals surface area (Å²) in [6.45, 7) is 6.77. The average Bonchev–Trinajstić information content (AvgIpc) is 2.75. The van der Waals surface area contributed by atoms with Gasteiger partial charge in [-0.15, -0.1) is 0 Å². The second kappa shape index (κ2) is 23.6. The van der Waals surface area contributed by atoms with E-state index in [1.807, 2.05) is 6.92 Å². The minimum atomic E-state index is -0.117. The Bertz CT molecular complexity index is 392. The van der Waals surface area contributed by atoms with Gasteiger partial charge >= 0.3 is 11.9 Å². The van der Waals surface area contributed by atoms with Crippen molar-refractivity contribution in [1.82, 2.24) is 0 Å². The molecular formula is C27H52O4. The SMILES string of the molecule is CCCCCCCCC(CCCCCCCC)OC(=O)CCCCCCC(=O)OCC. The molecule has 0 rings (SSSR count). The van der Waals surface area contributed by atoms with Crippen LogP contribution in [0.5, 0.6) is 0 Å². The Morgan fingerprint density at radius 3 is 1.45 bits per heavy atom. The fourth-order valence-corrected chi connectivity index (χ4v) is 3.94. The predicted octanol–water partition coefficient (Wildman–Crippen LogP) is 8.30. The average molecular weight is 441 g/mol. The van der Waals surface area contributed by atoms with Crippen LogP contribution in [0.15, 0.2) is 0 Å². The van der Waals surface area contributed by atoms with Crippen LogP contribution in [0, 0.1) is 0 Å². The molecule has 0 amide bonds. The van der Waals surface area contributed by atoms with Gasteiger partial charge in [0, 0.05) is 12.8 Å². The van der Waals surface area contributed by atoms with E-state index in [2.05, 4.69) is 13.8 Å². The highest BCUT2D eigenvalue weighted by atomic mass is 16.5. The molecule has 184 valence electrons. The van der Waals surface area contributed by atoms with E-state index in [9.17, 15) is 9.59 Å². The monoisotopic (exact) mass is 440 g/mol. The quantitative estimate of drug-likeness (QED) is 0.118. The molecule has 4 nitrogen and oxygen atoms in total. The second-order valence-corrected chi connectivity index (χ2v) is 8.94. The van der Waals surface area contributed by atoms with Crippen LogP contribution in [0.4, 0.5) is 0 Å². The minimum Gasteiger partial charge on any atom is -0.466 e. The van der Waals surface area contributed by atoms with Crippen LogP contribution in [-0.2, 0) is 19.1 Å². The molecule has 0 heterocycles. The Kier molecular flexibility index (Phi) is 22.8. The van der Waals surface area contributed by atoms with Crippen LogP contribution in [0.3, 0.4) is 0 Å². The molecule has 0 N–H and O–H groups in total. The summed E-state index contributed by atoms with van der Waals surface area (Å²) in [7, 11) is 0. The van der Waals surface area contributed by atoms with Crippen LogP contribution < -0.4 is 0 Å². The fourth-order valence-electron chi connectivity index (χ4n) is 3.94. The third-order valence-corrected chi connectivity index (χ3v) is 5.87.